The first-order valence-corrected chi connectivity index (χ1v) is 4.68. The van der Waals surface area contributed by atoms with Gasteiger partial charge >= 0.3 is 0 Å². The lowest BCUT2D eigenvalue weighted by Gasteiger charge is -2.13. The molecule has 0 spiro atoms. The smallest absolute Gasteiger partial charge is 0.124 e. The van der Waals surface area contributed by atoms with Gasteiger partial charge in [-0.2, -0.15) is 0 Å². The molecule has 1 rings (SSSR count). The Bertz CT molecular complexity index is 291. The molecule has 0 heterocycles. The zero-order valence-corrected chi connectivity index (χ0v) is 8.91. The van der Waals surface area contributed by atoms with Crippen molar-refractivity contribution in [1.82, 2.24) is 0 Å². The maximum atomic E-state index is 8.89. The molecule has 1 atom stereocenters. The van der Waals surface area contributed by atoms with Gasteiger partial charge in [-0.15, -0.1) is 0 Å². The summed E-state index contributed by atoms with van der Waals surface area (Å²) in [5.74, 6) is 0.691. The number of hydrogen-bond acceptors (Lipinski definition) is 3. The monoisotopic (exact) mass is 245 g/mol. The van der Waals surface area contributed by atoms with E-state index in [1.54, 1.807) is 7.11 Å². The Morgan fingerprint density at radius 3 is 2.85 bits per heavy atom. The molecule has 0 fully saturated rings. The van der Waals surface area contributed by atoms with E-state index in [0.29, 0.717) is 5.75 Å². The number of rotatable bonds is 3. The fourth-order valence-corrected chi connectivity index (χ4v) is 1.43. The molecule has 0 aromatic heterocycles. The van der Waals surface area contributed by atoms with Crippen molar-refractivity contribution in [2.75, 3.05) is 13.7 Å². The lowest BCUT2D eigenvalue weighted by Crippen LogP contribution is -2.15. The number of aliphatic hydroxyl groups is 1. The van der Waals surface area contributed by atoms with Crippen LogP contribution in [-0.4, -0.2) is 18.8 Å². The highest BCUT2D eigenvalue weighted by Crippen LogP contribution is 2.27. The number of nitrogens with two attached hydrogens (primary N) is 1. The standard InChI is InChI=1S/C9H12BrNO2/c1-13-9-4-6(10)2-3-7(9)8(11)5-12/h2-4,8,12H,5,11H2,1H3/t8-/m1/s1. The van der Waals surface area contributed by atoms with E-state index in [1.165, 1.54) is 0 Å². The molecule has 1 aromatic rings. The average Bonchev–Trinajstić information content (AvgIpc) is 2.16. The van der Waals surface area contributed by atoms with Crippen molar-refractivity contribution < 1.29 is 9.84 Å². The maximum Gasteiger partial charge on any atom is 0.124 e. The van der Waals surface area contributed by atoms with Crippen LogP contribution in [0, 0.1) is 0 Å². The van der Waals surface area contributed by atoms with Crippen molar-refractivity contribution in [2.45, 2.75) is 6.04 Å². The van der Waals surface area contributed by atoms with Crippen molar-refractivity contribution in [3.63, 3.8) is 0 Å². The Hall–Kier alpha value is -0.580. The second-order valence-electron chi connectivity index (χ2n) is 2.68. The first-order valence-electron chi connectivity index (χ1n) is 3.89. The van der Waals surface area contributed by atoms with Gasteiger partial charge in [-0.25, -0.2) is 0 Å². The molecule has 1 aromatic carbocycles. The first kappa shape index (κ1) is 10.5. The fraction of sp³-hybridized carbons (Fsp3) is 0.333. The van der Waals surface area contributed by atoms with Gasteiger partial charge in [0.05, 0.1) is 19.8 Å². The van der Waals surface area contributed by atoms with Gasteiger partial charge in [0, 0.05) is 10.0 Å². The largest absolute Gasteiger partial charge is 0.496 e. The molecule has 0 aliphatic rings. The van der Waals surface area contributed by atoms with E-state index in [1.807, 2.05) is 18.2 Å². The van der Waals surface area contributed by atoms with Crippen molar-refractivity contribution in [1.29, 1.82) is 0 Å². The molecule has 0 bridgehead atoms. The summed E-state index contributed by atoms with van der Waals surface area (Å²) in [6.07, 6.45) is 0. The Morgan fingerprint density at radius 2 is 2.31 bits per heavy atom. The normalized spacial score (nSPS) is 12.6. The third-order valence-electron chi connectivity index (χ3n) is 1.79. The summed E-state index contributed by atoms with van der Waals surface area (Å²) in [7, 11) is 1.58. The minimum Gasteiger partial charge on any atom is -0.496 e. The van der Waals surface area contributed by atoms with Crippen molar-refractivity contribution in [3.05, 3.63) is 28.2 Å². The van der Waals surface area contributed by atoms with Gasteiger partial charge < -0.3 is 15.6 Å². The highest BCUT2D eigenvalue weighted by Gasteiger charge is 2.10. The molecule has 0 aliphatic heterocycles. The highest BCUT2D eigenvalue weighted by molar-refractivity contribution is 9.10. The number of benzene rings is 1. The average molecular weight is 246 g/mol. The van der Waals surface area contributed by atoms with Crippen LogP contribution < -0.4 is 10.5 Å². The summed E-state index contributed by atoms with van der Waals surface area (Å²) < 4.78 is 6.06. The Morgan fingerprint density at radius 1 is 1.62 bits per heavy atom. The van der Waals surface area contributed by atoms with Gasteiger partial charge in [0.1, 0.15) is 5.75 Å². The van der Waals surface area contributed by atoms with E-state index in [9.17, 15) is 0 Å². The van der Waals surface area contributed by atoms with Crippen LogP contribution >= 0.6 is 15.9 Å². The van der Waals surface area contributed by atoms with Gasteiger partial charge in [-0.05, 0) is 12.1 Å². The molecule has 0 saturated carbocycles. The Balaban J connectivity index is 3.05. The predicted molar refractivity (Wildman–Crippen MR) is 54.7 cm³/mol. The number of halogens is 1. The van der Waals surface area contributed by atoms with Crippen molar-refractivity contribution in [3.8, 4) is 5.75 Å². The van der Waals surface area contributed by atoms with E-state index in [4.69, 9.17) is 15.6 Å². The van der Waals surface area contributed by atoms with Gasteiger partial charge in [0.25, 0.3) is 0 Å². The zero-order chi connectivity index (χ0) is 9.84. The molecule has 0 radical (unpaired) electrons. The number of aliphatic hydroxyl groups excluding tert-OH is 1. The number of hydrogen-bond donors (Lipinski definition) is 2. The van der Waals surface area contributed by atoms with Crippen LogP contribution in [0.2, 0.25) is 0 Å². The summed E-state index contributed by atoms with van der Waals surface area (Å²) in [5.41, 5.74) is 6.49. The molecule has 0 amide bonds. The van der Waals surface area contributed by atoms with E-state index in [-0.39, 0.29) is 12.6 Å². The first-order chi connectivity index (χ1) is 6.19. The van der Waals surface area contributed by atoms with Gasteiger partial charge in [0.2, 0.25) is 0 Å². The molecule has 4 heteroatoms. The van der Waals surface area contributed by atoms with Crippen LogP contribution in [0.4, 0.5) is 0 Å². The van der Waals surface area contributed by atoms with Crippen LogP contribution in [0.1, 0.15) is 11.6 Å². The summed E-state index contributed by atoms with van der Waals surface area (Å²) in [6, 6.07) is 5.14. The third-order valence-corrected chi connectivity index (χ3v) is 2.28. The van der Waals surface area contributed by atoms with Crippen LogP contribution in [0.5, 0.6) is 5.75 Å². The number of ether oxygens (including phenoxy) is 1. The Labute approximate surface area is 85.6 Å². The third kappa shape index (κ3) is 2.43. The van der Waals surface area contributed by atoms with Crippen LogP contribution in [0.25, 0.3) is 0 Å². The predicted octanol–water partition coefficient (Wildman–Crippen LogP) is 1.45. The van der Waals surface area contributed by atoms with E-state index >= 15 is 0 Å². The van der Waals surface area contributed by atoms with Crippen molar-refractivity contribution >= 4 is 15.9 Å². The molecule has 0 saturated heterocycles. The molecule has 0 aliphatic carbocycles. The van der Waals surface area contributed by atoms with Crippen LogP contribution in [-0.2, 0) is 0 Å². The Kier molecular flexibility index (Phi) is 3.71. The topological polar surface area (TPSA) is 55.5 Å². The molecule has 3 N–H and O–H groups in total. The molecule has 3 nitrogen and oxygen atoms in total. The quantitative estimate of drug-likeness (QED) is 0.848. The fourth-order valence-electron chi connectivity index (χ4n) is 1.09. The SMILES string of the molecule is COc1cc(Br)ccc1[C@H](N)CO. The molecular formula is C9H12BrNO2. The van der Waals surface area contributed by atoms with Crippen LogP contribution in [0.15, 0.2) is 22.7 Å². The van der Waals surface area contributed by atoms with Gasteiger partial charge in [-0.1, -0.05) is 22.0 Å². The van der Waals surface area contributed by atoms with Crippen LogP contribution in [0.3, 0.4) is 0 Å². The zero-order valence-electron chi connectivity index (χ0n) is 7.33. The molecule has 0 unspecified atom stereocenters. The lowest BCUT2D eigenvalue weighted by atomic mass is 10.1. The minimum atomic E-state index is -0.386. The van der Waals surface area contributed by atoms with E-state index in [2.05, 4.69) is 15.9 Å². The van der Waals surface area contributed by atoms with Gasteiger partial charge in [-0.3, -0.25) is 0 Å². The summed E-state index contributed by atoms with van der Waals surface area (Å²) in [4.78, 5) is 0. The molecule has 13 heavy (non-hydrogen) atoms. The maximum absolute atomic E-state index is 8.89. The van der Waals surface area contributed by atoms with E-state index < -0.39 is 0 Å². The minimum absolute atomic E-state index is 0.0853. The molecular weight excluding hydrogens is 234 g/mol. The number of methoxy groups -OCH3 is 1. The summed E-state index contributed by atoms with van der Waals surface area (Å²) >= 11 is 3.32. The second-order valence-corrected chi connectivity index (χ2v) is 3.59. The summed E-state index contributed by atoms with van der Waals surface area (Å²) in [6.45, 7) is -0.0853. The molecule has 72 valence electrons. The summed E-state index contributed by atoms with van der Waals surface area (Å²) in [5, 5.41) is 8.89. The lowest BCUT2D eigenvalue weighted by molar-refractivity contribution is 0.264. The highest BCUT2D eigenvalue weighted by atomic mass is 79.9. The van der Waals surface area contributed by atoms with Gasteiger partial charge in [0.15, 0.2) is 0 Å². The van der Waals surface area contributed by atoms with Crippen molar-refractivity contribution in [2.24, 2.45) is 5.73 Å². The second kappa shape index (κ2) is 4.60. The van der Waals surface area contributed by atoms with E-state index in [0.717, 1.165) is 10.0 Å².